The maximum absolute atomic E-state index is 9.55. The zero-order valence-electron chi connectivity index (χ0n) is 18.0. The molecule has 0 aromatic heterocycles. The summed E-state index contributed by atoms with van der Waals surface area (Å²) < 4.78 is 5.76. The van der Waals surface area contributed by atoms with Gasteiger partial charge in [0.2, 0.25) is 0 Å². The number of rotatable bonds is 10. The molecular weight excluding hydrogens is 465 g/mol. The van der Waals surface area contributed by atoms with Gasteiger partial charge in [-0.25, -0.2) is 9.59 Å². The first-order chi connectivity index (χ1) is 14.5. The van der Waals surface area contributed by atoms with Gasteiger partial charge in [-0.1, -0.05) is 23.2 Å². The summed E-state index contributed by atoms with van der Waals surface area (Å²) in [6, 6.07) is 5.49. The zero-order valence-corrected chi connectivity index (χ0v) is 20.3. The number of carbonyl (C=O) groups is 2. The van der Waals surface area contributed by atoms with Gasteiger partial charge in [0, 0.05) is 48.4 Å². The third-order valence-corrected chi connectivity index (χ3v) is 4.68. The van der Waals surface area contributed by atoms with Crippen molar-refractivity contribution in [2.75, 3.05) is 40.3 Å². The Balaban J connectivity index is 0.000000954. The van der Waals surface area contributed by atoms with Crippen molar-refractivity contribution in [1.29, 1.82) is 0 Å². The molecule has 31 heavy (non-hydrogen) atoms. The van der Waals surface area contributed by atoms with Crippen molar-refractivity contribution in [2.24, 2.45) is 0 Å². The molecule has 0 unspecified atom stereocenters. The fraction of sp³-hybridized carbons (Fsp3) is 0.450. The minimum Gasteiger partial charge on any atom is -0.492 e. The molecule has 0 atom stereocenters. The minimum atomic E-state index is -1.26. The SMILES string of the molecule is CNCCN(C)C(=S)N(CCOc1cc(Cl)cc(Cl)c1)C(C)C.O=C(O)C=CC(=O)O. The van der Waals surface area contributed by atoms with Crippen LogP contribution in [0.5, 0.6) is 5.75 Å². The molecule has 1 rings (SSSR count). The van der Waals surface area contributed by atoms with Crippen LogP contribution in [-0.4, -0.2) is 83.4 Å². The topological polar surface area (TPSA) is 102 Å². The van der Waals surface area contributed by atoms with Crippen molar-refractivity contribution in [3.63, 3.8) is 0 Å². The summed E-state index contributed by atoms with van der Waals surface area (Å²) in [7, 11) is 3.94. The summed E-state index contributed by atoms with van der Waals surface area (Å²) >= 11 is 17.5. The molecule has 0 aliphatic rings. The van der Waals surface area contributed by atoms with E-state index in [0.717, 1.165) is 18.2 Å². The first-order valence-electron chi connectivity index (χ1n) is 9.37. The maximum Gasteiger partial charge on any atom is 0.328 e. The molecule has 0 radical (unpaired) electrons. The van der Waals surface area contributed by atoms with Crippen LogP contribution in [0.1, 0.15) is 13.8 Å². The van der Waals surface area contributed by atoms with Gasteiger partial charge in [-0.15, -0.1) is 0 Å². The maximum atomic E-state index is 9.55. The quantitative estimate of drug-likeness (QED) is 0.334. The summed E-state index contributed by atoms with van der Waals surface area (Å²) in [5, 5.41) is 20.7. The second kappa shape index (κ2) is 15.7. The van der Waals surface area contributed by atoms with Crippen molar-refractivity contribution in [3.05, 3.63) is 40.4 Å². The molecule has 0 heterocycles. The molecule has 0 bridgehead atoms. The highest BCUT2D eigenvalue weighted by Crippen LogP contribution is 2.24. The number of carboxylic acids is 2. The van der Waals surface area contributed by atoms with Gasteiger partial charge in [-0.2, -0.15) is 0 Å². The van der Waals surface area contributed by atoms with Crippen molar-refractivity contribution >= 4 is 52.5 Å². The number of aliphatic carboxylic acids is 2. The molecule has 0 amide bonds. The second-order valence-corrected chi connectivity index (χ2v) is 7.80. The predicted molar refractivity (Wildman–Crippen MR) is 127 cm³/mol. The fourth-order valence-corrected chi connectivity index (χ4v) is 3.08. The highest BCUT2D eigenvalue weighted by Gasteiger charge is 2.16. The van der Waals surface area contributed by atoms with E-state index in [2.05, 4.69) is 29.0 Å². The number of nitrogens with one attached hydrogen (secondary N) is 1. The predicted octanol–water partition coefficient (Wildman–Crippen LogP) is 3.23. The number of thiocarbonyl (C=S) groups is 1. The number of benzene rings is 1. The van der Waals surface area contributed by atoms with Crippen molar-refractivity contribution < 1.29 is 24.5 Å². The summed E-state index contributed by atoms with van der Waals surface area (Å²) in [4.78, 5) is 23.3. The molecule has 0 saturated heterocycles. The first-order valence-corrected chi connectivity index (χ1v) is 10.5. The van der Waals surface area contributed by atoms with Crippen LogP contribution in [0.15, 0.2) is 30.4 Å². The largest absolute Gasteiger partial charge is 0.492 e. The second-order valence-electron chi connectivity index (χ2n) is 6.56. The summed E-state index contributed by atoms with van der Waals surface area (Å²) in [5.74, 6) is -1.85. The number of carboxylic acid groups (broad SMARTS) is 2. The van der Waals surface area contributed by atoms with E-state index in [1.165, 1.54) is 0 Å². The summed E-state index contributed by atoms with van der Waals surface area (Å²) in [5.41, 5.74) is 0. The Morgan fingerprint density at radius 2 is 1.65 bits per heavy atom. The standard InChI is InChI=1S/C16H25Cl2N3OS.C4H4O4/c1-12(2)21(16(23)20(4)6-5-19-3)7-8-22-15-10-13(17)9-14(18)11-15;5-3(6)1-2-4(7)8/h9-12,19H,5-8H2,1-4H3;1-2H,(H,5,6)(H,7,8). The third kappa shape index (κ3) is 13.8. The van der Waals surface area contributed by atoms with Gasteiger partial charge in [0.25, 0.3) is 0 Å². The van der Waals surface area contributed by atoms with E-state index < -0.39 is 11.9 Å². The van der Waals surface area contributed by atoms with E-state index in [1.807, 2.05) is 14.1 Å². The zero-order chi connectivity index (χ0) is 24.0. The van der Waals surface area contributed by atoms with Gasteiger partial charge in [0.1, 0.15) is 12.4 Å². The van der Waals surface area contributed by atoms with Crippen LogP contribution in [0.25, 0.3) is 0 Å². The monoisotopic (exact) mass is 493 g/mol. The Hall–Kier alpha value is -2.07. The lowest BCUT2D eigenvalue weighted by molar-refractivity contribution is -0.134. The number of hydrogen-bond acceptors (Lipinski definition) is 5. The smallest absolute Gasteiger partial charge is 0.328 e. The van der Waals surface area contributed by atoms with Crippen LogP contribution in [0.4, 0.5) is 0 Å². The van der Waals surface area contributed by atoms with E-state index in [9.17, 15) is 9.59 Å². The van der Waals surface area contributed by atoms with Crippen LogP contribution >= 0.6 is 35.4 Å². The lowest BCUT2D eigenvalue weighted by atomic mass is 10.3. The Morgan fingerprint density at radius 1 is 1.13 bits per heavy atom. The van der Waals surface area contributed by atoms with Crippen molar-refractivity contribution in [1.82, 2.24) is 15.1 Å². The molecule has 174 valence electrons. The first kappa shape index (κ1) is 28.9. The van der Waals surface area contributed by atoms with E-state index in [0.29, 0.717) is 47.1 Å². The van der Waals surface area contributed by atoms with Crippen molar-refractivity contribution in [3.8, 4) is 5.75 Å². The van der Waals surface area contributed by atoms with Crippen LogP contribution in [-0.2, 0) is 9.59 Å². The molecule has 0 spiro atoms. The van der Waals surface area contributed by atoms with Gasteiger partial charge in [-0.05, 0) is 51.3 Å². The molecule has 0 fully saturated rings. The summed E-state index contributed by atoms with van der Waals surface area (Å²) in [6.45, 7) is 7.20. The van der Waals surface area contributed by atoms with Crippen molar-refractivity contribution in [2.45, 2.75) is 19.9 Å². The average molecular weight is 494 g/mol. The van der Waals surface area contributed by atoms with E-state index >= 15 is 0 Å². The summed E-state index contributed by atoms with van der Waals surface area (Å²) in [6.07, 6.45) is 1.12. The van der Waals surface area contributed by atoms with E-state index in [-0.39, 0.29) is 0 Å². The minimum absolute atomic E-state index is 0.297. The molecule has 11 heteroatoms. The fourth-order valence-electron chi connectivity index (χ4n) is 2.19. The van der Waals surface area contributed by atoms with E-state index in [1.54, 1.807) is 18.2 Å². The number of nitrogens with zero attached hydrogens (tertiary/aromatic N) is 2. The Morgan fingerprint density at radius 3 is 2.06 bits per heavy atom. The highest BCUT2D eigenvalue weighted by molar-refractivity contribution is 7.80. The molecule has 3 N–H and O–H groups in total. The lowest BCUT2D eigenvalue weighted by Crippen LogP contribution is -2.47. The molecule has 8 nitrogen and oxygen atoms in total. The molecule has 0 aliphatic carbocycles. The molecule has 0 saturated carbocycles. The van der Waals surface area contributed by atoms with Gasteiger partial charge in [-0.3, -0.25) is 0 Å². The lowest BCUT2D eigenvalue weighted by Gasteiger charge is -2.34. The normalized spacial score (nSPS) is 10.4. The Labute approximate surface area is 198 Å². The van der Waals surface area contributed by atoms with Gasteiger partial charge >= 0.3 is 11.9 Å². The average Bonchev–Trinajstić information content (AvgIpc) is 2.66. The molecule has 1 aromatic rings. The van der Waals surface area contributed by atoms with Gasteiger partial charge in [0.05, 0.1) is 6.54 Å². The third-order valence-electron chi connectivity index (χ3n) is 3.70. The Bertz CT molecular complexity index is 726. The number of ether oxygens (including phenoxy) is 1. The molecule has 1 aromatic carbocycles. The number of hydrogen-bond donors (Lipinski definition) is 3. The van der Waals surface area contributed by atoms with Crippen LogP contribution < -0.4 is 10.1 Å². The molecule has 0 aliphatic heterocycles. The number of likely N-dealkylation sites (N-methyl/N-ethyl adjacent to an activating group) is 2. The van der Waals surface area contributed by atoms with Crippen LogP contribution in [0, 0.1) is 0 Å². The Kier molecular flexibility index (Phi) is 14.6. The highest BCUT2D eigenvalue weighted by atomic mass is 35.5. The number of halogens is 2. The van der Waals surface area contributed by atoms with E-state index in [4.69, 9.17) is 50.4 Å². The molecular formula is C20H29Cl2N3O5S. The van der Waals surface area contributed by atoms with Gasteiger partial charge < -0.3 is 30.1 Å². The van der Waals surface area contributed by atoms with Gasteiger partial charge in [0.15, 0.2) is 5.11 Å². The van der Waals surface area contributed by atoms with Crippen LogP contribution in [0.3, 0.4) is 0 Å². The van der Waals surface area contributed by atoms with Crippen LogP contribution in [0.2, 0.25) is 10.0 Å².